The maximum Gasteiger partial charge on any atom is 0.305 e. The molecule has 0 aromatic carbocycles. The lowest BCUT2D eigenvalue weighted by Crippen LogP contribution is -2.39. The lowest BCUT2D eigenvalue weighted by atomic mass is 9.97. The Morgan fingerprint density at radius 1 is 0.545 bits per heavy atom. The van der Waals surface area contributed by atoms with E-state index in [4.69, 9.17) is 9.47 Å². The summed E-state index contributed by atoms with van der Waals surface area (Å²) in [4.78, 5) is 26.9. The van der Waals surface area contributed by atoms with Gasteiger partial charge in [-0.3, -0.25) is 14.5 Å². The molecule has 0 aromatic heterocycles. The van der Waals surface area contributed by atoms with E-state index in [9.17, 15) is 9.59 Å². The van der Waals surface area contributed by atoms with Crippen LogP contribution in [0, 0.1) is 5.92 Å². The standard InChI is InChI=1S/C38H74N2O4/c1-3-5-7-9-11-13-15-17-19-21-23-25-37(41)43-33-31-40(35-36-27-29-39-30-28-36)32-34-44-38(42)26-24-22-20-18-16-14-12-10-8-6-4-2/h36,39H,3-35H2,1-2H3. The minimum Gasteiger partial charge on any atom is -0.464 e. The lowest BCUT2D eigenvalue weighted by molar-refractivity contribution is -0.144. The zero-order valence-electron chi connectivity index (χ0n) is 29.5. The summed E-state index contributed by atoms with van der Waals surface area (Å²) in [6.07, 6.45) is 31.6. The molecule has 260 valence electrons. The fourth-order valence-corrected chi connectivity index (χ4v) is 6.31. The van der Waals surface area contributed by atoms with E-state index in [1.807, 2.05) is 0 Å². The largest absolute Gasteiger partial charge is 0.464 e. The summed E-state index contributed by atoms with van der Waals surface area (Å²) < 4.78 is 11.2. The van der Waals surface area contributed by atoms with E-state index in [-0.39, 0.29) is 11.9 Å². The fraction of sp³-hybridized carbons (Fsp3) is 0.947. The molecule has 1 aliphatic rings. The minimum atomic E-state index is -0.0684. The highest BCUT2D eigenvalue weighted by atomic mass is 16.5. The van der Waals surface area contributed by atoms with Gasteiger partial charge in [-0.05, 0) is 44.7 Å². The number of unbranched alkanes of at least 4 members (excludes halogenated alkanes) is 20. The molecule has 0 aromatic rings. The van der Waals surface area contributed by atoms with E-state index in [1.165, 1.54) is 128 Å². The molecule has 6 nitrogen and oxygen atoms in total. The van der Waals surface area contributed by atoms with E-state index in [2.05, 4.69) is 24.1 Å². The van der Waals surface area contributed by atoms with Crippen molar-refractivity contribution in [3.8, 4) is 0 Å². The van der Waals surface area contributed by atoms with Crippen LogP contribution in [0.5, 0.6) is 0 Å². The summed E-state index contributed by atoms with van der Waals surface area (Å²) in [5.41, 5.74) is 0. The van der Waals surface area contributed by atoms with E-state index in [1.54, 1.807) is 0 Å². The first-order valence-electron chi connectivity index (χ1n) is 19.4. The maximum atomic E-state index is 12.3. The van der Waals surface area contributed by atoms with Crippen molar-refractivity contribution < 1.29 is 19.1 Å². The topological polar surface area (TPSA) is 67.9 Å². The van der Waals surface area contributed by atoms with Crippen molar-refractivity contribution in [1.82, 2.24) is 10.2 Å². The number of hydrogen-bond donors (Lipinski definition) is 1. The molecule has 0 bridgehead atoms. The third-order valence-electron chi connectivity index (χ3n) is 9.29. The van der Waals surface area contributed by atoms with E-state index in [0.29, 0.717) is 45.1 Å². The molecule has 1 heterocycles. The van der Waals surface area contributed by atoms with Gasteiger partial charge in [0.1, 0.15) is 13.2 Å². The Balaban J connectivity index is 2.11. The minimum absolute atomic E-state index is 0.0684. The van der Waals surface area contributed by atoms with Crippen LogP contribution >= 0.6 is 0 Å². The van der Waals surface area contributed by atoms with Crippen LogP contribution in [0.25, 0.3) is 0 Å². The van der Waals surface area contributed by atoms with Crippen molar-refractivity contribution in [2.45, 2.75) is 181 Å². The third kappa shape index (κ3) is 27.2. The molecule has 0 amide bonds. The molecule has 1 N–H and O–H groups in total. The number of piperidine rings is 1. The van der Waals surface area contributed by atoms with Gasteiger partial charge >= 0.3 is 11.9 Å². The number of hydrogen-bond acceptors (Lipinski definition) is 6. The van der Waals surface area contributed by atoms with Gasteiger partial charge in [-0.15, -0.1) is 0 Å². The van der Waals surface area contributed by atoms with Gasteiger partial charge in [-0.2, -0.15) is 0 Å². The molecule has 44 heavy (non-hydrogen) atoms. The molecule has 0 radical (unpaired) electrons. The molecule has 1 aliphatic heterocycles. The number of nitrogens with zero attached hydrogens (tertiary/aromatic N) is 1. The van der Waals surface area contributed by atoms with Crippen LogP contribution in [0.4, 0.5) is 0 Å². The highest BCUT2D eigenvalue weighted by molar-refractivity contribution is 5.69. The number of ether oxygens (including phenoxy) is 2. The number of rotatable bonds is 32. The summed E-state index contributed by atoms with van der Waals surface area (Å²) in [6.45, 7) is 9.93. The SMILES string of the molecule is CCCCCCCCCCCCCC(=O)OCCN(CCOC(=O)CCCCCCCCCCCCC)CC1CCNCC1. The Kier molecular flexibility index (Phi) is 29.6. The summed E-state index contributed by atoms with van der Waals surface area (Å²) >= 11 is 0. The first-order valence-corrected chi connectivity index (χ1v) is 19.4. The number of carbonyl (C=O) groups is 2. The Labute approximate surface area is 273 Å². The van der Waals surface area contributed by atoms with Crippen LogP contribution in [-0.4, -0.2) is 62.8 Å². The van der Waals surface area contributed by atoms with E-state index >= 15 is 0 Å². The molecule has 6 heteroatoms. The summed E-state index contributed by atoms with van der Waals surface area (Å²) in [7, 11) is 0. The van der Waals surface area contributed by atoms with Crippen LogP contribution in [-0.2, 0) is 19.1 Å². The van der Waals surface area contributed by atoms with Gasteiger partial charge in [0.2, 0.25) is 0 Å². The van der Waals surface area contributed by atoms with Gasteiger partial charge in [-0.1, -0.05) is 142 Å². The van der Waals surface area contributed by atoms with Crippen LogP contribution < -0.4 is 5.32 Å². The molecule has 0 spiro atoms. The number of nitrogens with one attached hydrogen (secondary N) is 1. The second-order valence-electron chi connectivity index (χ2n) is 13.5. The summed E-state index contributed by atoms with van der Waals surface area (Å²) in [5, 5.41) is 3.44. The van der Waals surface area contributed by atoms with Gasteiger partial charge in [-0.25, -0.2) is 0 Å². The van der Waals surface area contributed by atoms with Crippen molar-refractivity contribution in [2.24, 2.45) is 5.92 Å². The Morgan fingerprint density at radius 2 is 0.886 bits per heavy atom. The van der Waals surface area contributed by atoms with E-state index in [0.717, 1.165) is 45.3 Å². The molecular weight excluding hydrogens is 548 g/mol. The number of esters is 2. The first-order chi connectivity index (χ1) is 21.7. The van der Waals surface area contributed by atoms with Crippen LogP contribution in [0.3, 0.4) is 0 Å². The molecule has 0 saturated carbocycles. The van der Waals surface area contributed by atoms with Crippen molar-refractivity contribution in [1.29, 1.82) is 0 Å². The first kappa shape index (κ1) is 40.9. The normalized spacial score (nSPS) is 13.9. The van der Waals surface area contributed by atoms with Crippen molar-refractivity contribution in [2.75, 3.05) is 45.9 Å². The van der Waals surface area contributed by atoms with Crippen LogP contribution in [0.2, 0.25) is 0 Å². The summed E-state index contributed by atoms with van der Waals surface area (Å²) in [6, 6.07) is 0. The maximum absolute atomic E-state index is 12.3. The van der Waals surface area contributed by atoms with Crippen LogP contribution in [0.1, 0.15) is 181 Å². The second kappa shape index (κ2) is 31.8. The average molecular weight is 623 g/mol. The van der Waals surface area contributed by atoms with Crippen LogP contribution in [0.15, 0.2) is 0 Å². The van der Waals surface area contributed by atoms with Crippen molar-refractivity contribution >= 4 is 11.9 Å². The second-order valence-corrected chi connectivity index (χ2v) is 13.5. The molecule has 1 fully saturated rings. The Morgan fingerprint density at radius 3 is 1.25 bits per heavy atom. The highest BCUT2D eigenvalue weighted by Gasteiger charge is 2.18. The fourth-order valence-electron chi connectivity index (χ4n) is 6.31. The molecule has 0 unspecified atom stereocenters. The quantitative estimate of drug-likeness (QED) is 0.0595. The summed E-state index contributed by atoms with van der Waals surface area (Å²) in [5.74, 6) is 0.512. The highest BCUT2D eigenvalue weighted by Crippen LogP contribution is 2.15. The zero-order valence-corrected chi connectivity index (χ0v) is 29.5. The van der Waals surface area contributed by atoms with Gasteiger partial charge in [0, 0.05) is 32.5 Å². The Bertz CT molecular complexity index is 594. The van der Waals surface area contributed by atoms with Crippen molar-refractivity contribution in [3.63, 3.8) is 0 Å². The predicted molar refractivity (Wildman–Crippen MR) is 186 cm³/mol. The molecule has 0 aliphatic carbocycles. The molecular formula is C38H74N2O4. The van der Waals surface area contributed by atoms with Gasteiger partial charge in [0.25, 0.3) is 0 Å². The van der Waals surface area contributed by atoms with E-state index < -0.39 is 0 Å². The molecule has 0 atom stereocenters. The molecule has 1 saturated heterocycles. The molecule has 1 rings (SSSR count). The smallest absolute Gasteiger partial charge is 0.305 e. The average Bonchev–Trinajstić information content (AvgIpc) is 3.03. The Hall–Kier alpha value is -1.14. The monoisotopic (exact) mass is 623 g/mol. The van der Waals surface area contributed by atoms with Crippen molar-refractivity contribution in [3.05, 3.63) is 0 Å². The van der Waals surface area contributed by atoms with Gasteiger partial charge in [0.15, 0.2) is 0 Å². The zero-order chi connectivity index (χ0) is 31.8. The number of carbonyl (C=O) groups excluding carboxylic acids is 2. The van der Waals surface area contributed by atoms with Gasteiger partial charge in [0.05, 0.1) is 0 Å². The third-order valence-corrected chi connectivity index (χ3v) is 9.29. The lowest BCUT2D eigenvalue weighted by Gasteiger charge is -2.29. The van der Waals surface area contributed by atoms with Gasteiger partial charge < -0.3 is 14.8 Å². The predicted octanol–water partition coefficient (Wildman–Crippen LogP) is 9.78.